The number of carbonyl (C=O) groups is 2. The molecule has 11 heteroatoms. The highest BCUT2D eigenvalue weighted by Crippen LogP contribution is 2.30. The maximum absolute atomic E-state index is 13.5. The van der Waals surface area contributed by atoms with Crippen LogP contribution in [0.25, 0.3) is 0 Å². The third-order valence-corrected chi connectivity index (χ3v) is 7.44. The third kappa shape index (κ3) is 6.49. The van der Waals surface area contributed by atoms with E-state index in [4.69, 9.17) is 4.74 Å². The van der Waals surface area contributed by atoms with Gasteiger partial charge in [0.05, 0.1) is 41.1 Å². The zero-order valence-electron chi connectivity index (χ0n) is 19.8. The van der Waals surface area contributed by atoms with Crippen LogP contribution >= 0.6 is 15.9 Å². The third-order valence-electron chi connectivity index (χ3n) is 5.06. The van der Waals surface area contributed by atoms with Crippen LogP contribution in [-0.4, -0.2) is 47.3 Å². The Bertz CT molecular complexity index is 1370. The van der Waals surface area contributed by atoms with Crippen LogP contribution < -0.4 is 14.5 Å². The summed E-state index contributed by atoms with van der Waals surface area (Å²) >= 11 is 3.31. The molecule has 0 bridgehead atoms. The van der Waals surface area contributed by atoms with E-state index in [9.17, 15) is 18.0 Å². The van der Waals surface area contributed by atoms with Crippen molar-refractivity contribution in [2.24, 2.45) is 5.10 Å². The number of hydrogen-bond donors (Lipinski definition) is 1. The Morgan fingerprint density at radius 2 is 1.69 bits per heavy atom. The maximum atomic E-state index is 13.5. The molecule has 0 heterocycles. The molecule has 3 rings (SSSR count). The highest BCUT2D eigenvalue weighted by Gasteiger charge is 2.28. The van der Waals surface area contributed by atoms with Crippen molar-refractivity contribution in [2.75, 3.05) is 25.1 Å². The molecule has 3 aromatic carbocycles. The number of nitrogens with zero attached hydrogens (tertiary/aromatic N) is 2. The van der Waals surface area contributed by atoms with Gasteiger partial charge in [-0.3, -0.25) is 9.10 Å². The van der Waals surface area contributed by atoms with Crippen LogP contribution in [0.2, 0.25) is 0 Å². The molecule has 0 spiro atoms. The van der Waals surface area contributed by atoms with Crippen LogP contribution in [0.15, 0.2) is 81.2 Å². The predicted molar refractivity (Wildman–Crippen MR) is 140 cm³/mol. The molecular weight excluding hydrogens is 550 g/mol. The second-order valence-corrected chi connectivity index (χ2v) is 10.3. The lowest BCUT2D eigenvalue weighted by Gasteiger charge is -2.24. The Kier molecular flexibility index (Phi) is 8.83. The molecule has 0 aliphatic rings. The van der Waals surface area contributed by atoms with Gasteiger partial charge in [0, 0.05) is 0 Å². The van der Waals surface area contributed by atoms with E-state index in [1.54, 1.807) is 48.5 Å². The summed E-state index contributed by atoms with van der Waals surface area (Å²) < 4.78 is 38.3. The number of methoxy groups -OCH3 is 2. The van der Waals surface area contributed by atoms with Crippen molar-refractivity contribution in [3.8, 4) is 5.75 Å². The lowest BCUT2D eigenvalue weighted by Crippen LogP contribution is -2.39. The van der Waals surface area contributed by atoms with Gasteiger partial charge < -0.3 is 9.47 Å². The van der Waals surface area contributed by atoms with Crippen molar-refractivity contribution in [1.29, 1.82) is 0 Å². The lowest BCUT2D eigenvalue weighted by molar-refractivity contribution is -0.119. The summed E-state index contributed by atoms with van der Waals surface area (Å²) in [6.07, 6.45) is 1.38. The number of esters is 1. The van der Waals surface area contributed by atoms with Gasteiger partial charge in [-0.1, -0.05) is 29.8 Å². The fraction of sp³-hybridized carbons (Fsp3) is 0.160. The molecule has 3 aromatic rings. The Balaban J connectivity index is 1.81. The monoisotopic (exact) mass is 573 g/mol. The fourth-order valence-electron chi connectivity index (χ4n) is 3.13. The lowest BCUT2D eigenvalue weighted by atomic mass is 10.1. The minimum Gasteiger partial charge on any atom is -0.496 e. The number of carbonyl (C=O) groups excluding carboxylic acids is 2. The van der Waals surface area contributed by atoms with E-state index in [1.165, 1.54) is 38.6 Å². The smallest absolute Gasteiger partial charge is 0.337 e. The quantitative estimate of drug-likeness (QED) is 0.236. The van der Waals surface area contributed by atoms with Gasteiger partial charge in [0.15, 0.2) is 0 Å². The van der Waals surface area contributed by atoms with Gasteiger partial charge in [0.25, 0.3) is 15.9 Å². The number of amides is 1. The molecule has 0 saturated carbocycles. The van der Waals surface area contributed by atoms with E-state index in [0.29, 0.717) is 27.0 Å². The summed E-state index contributed by atoms with van der Waals surface area (Å²) in [4.78, 5) is 24.2. The minimum atomic E-state index is -4.11. The van der Waals surface area contributed by atoms with Crippen LogP contribution in [0.5, 0.6) is 5.75 Å². The molecule has 0 aromatic heterocycles. The van der Waals surface area contributed by atoms with Gasteiger partial charge in [-0.05, 0) is 70.9 Å². The maximum Gasteiger partial charge on any atom is 0.337 e. The second kappa shape index (κ2) is 11.8. The summed E-state index contributed by atoms with van der Waals surface area (Å²) in [6.45, 7) is 1.37. The van der Waals surface area contributed by atoms with Crippen LogP contribution in [-0.2, 0) is 19.6 Å². The van der Waals surface area contributed by atoms with E-state index in [1.807, 2.05) is 6.92 Å². The van der Waals surface area contributed by atoms with Crippen LogP contribution in [0, 0.1) is 6.92 Å². The van der Waals surface area contributed by atoms with Crippen LogP contribution in [0.1, 0.15) is 21.5 Å². The molecule has 0 fully saturated rings. The van der Waals surface area contributed by atoms with Gasteiger partial charge in [-0.25, -0.2) is 18.6 Å². The Hall–Kier alpha value is -3.70. The highest BCUT2D eigenvalue weighted by atomic mass is 79.9. The number of rotatable bonds is 9. The zero-order valence-corrected chi connectivity index (χ0v) is 22.2. The first-order valence-corrected chi connectivity index (χ1v) is 12.8. The second-order valence-electron chi connectivity index (χ2n) is 7.55. The number of sulfonamides is 1. The number of aryl methyl sites for hydroxylation is 1. The Labute approximate surface area is 217 Å². The number of hydrogen-bond acceptors (Lipinski definition) is 7. The number of hydrazone groups is 1. The standard InChI is InChI=1S/C25H24BrN3O6S/c1-17-4-10-20(11-5-17)29(36(32,33)21-12-13-23(34-2)22(26)14-21)16-24(30)28-27-15-18-6-8-19(9-7-18)25(31)35-3/h4-15H,16H2,1-3H3,(H,28,30)/b27-15-. The summed E-state index contributed by atoms with van der Waals surface area (Å²) in [6, 6.07) is 17.5. The molecule has 1 amide bonds. The van der Waals surface area contributed by atoms with Crippen molar-refractivity contribution < 1.29 is 27.5 Å². The molecule has 9 nitrogen and oxygen atoms in total. The average molecular weight is 574 g/mol. The molecule has 188 valence electrons. The molecular formula is C25H24BrN3O6S. The molecule has 0 unspecified atom stereocenters. The predicted octanol–water partition coefficient (Wildman–Crippen LogP) is 3.90. The van der Waals surface area contributed by atoms with E-state index >= 15 is 0 Å². The van der Waals surface area contributed by atoms with Crippen molar-refractivity contribution >= 4 is 49.7 Å². The van der Waals surface area contributed by atoms with E-state index in [2.05, 4.69) is 31.2 Å². The Morgan fingerprint density at radius 3 is 2.28 bits per heavy atom. The van der Waals surface area contributed by atoms with Crippen molar-refractivity contribution in [1.82, 2.24) is 5.43 Å². The summed E-state index contributed by atoms with van der Waals surface area (Å²) in [5.74, 6) is -0.634. The van der Waals surface area contributed by atoms with Crippen LogP contribution in [0.4, 0.5) is 5.69 Å². The summed E-state index contributed by atoms with van der Waals surface area (Å²) in [5.41, 5.74) is 4.61. The van der Waals surface area contributed by atoms with Crippen molar-refractivity contribution in [3.63, 3.8) is 0 Å². The molecule has 0 saturated heterocycles. The SMILES string of the molecule is COC(=O)c1ccc(/C=N\NC(=O)CN(c2ccc(C)cc2)S(=O)(=O)c2ccc(OC)c(Br)c2)cc1. The average Bonchev–Trinajstić information content (AvgIpc) is 2.87. The molecule has 0 aliphatic heterocycles. The molecule has 0 radical (unpaired) electrons. The first-order valence-electron chi connectivity index (χ1n) is 10.6. The van der Waals surface area contributed by atoms with Crippen LogP contribution in [0.3, 0.4) is 0 Å². The number of halogens is 1. The number of ether oxygens (including phenoxy) is 2. The topological polar surface area (TPSA) is 114 Å². The molecule has 1 N–H and O–H groups in total. The summed E-state index contributed by atoms with van der Waals surface area (Å²) in [7, 11) is -1.34. The molecule has 36 heavy (non-hydrogen) atoms. The van der Waals surface area contributed by atoms with Gasteiger partial charge in [0.2, 0.25) is 0 Å². The first kappa shape index (κ1) is 26.9. The molecule has 0 atom stereocenters. The summed E-state index contributed by atoms with van der Waals surface area (Å²) in [5, 5.41) is 3.90. The first-order chi connectivity index (χ1) is 17.1. The zero-order chi connectivity index (χ0) is 26.3. The minimum absolute atomic E-state index is 0.0160. The van der Waals surface area contributed by atoms with Gasteiger partial charge in [-0.15, -0.1) is 0 Å². The number of benzene rings is 3. The van der Waals surface area contributed by atoms with E-state index in [0.717, 1.165) is 9.87 Å². The van der Waals surface area contributed by atoms with E-state index < -0.39 is 28.4 Å². The fourth-order valence-corrected chi connectivity index (χ4v) is 5.27. The van der Waals surface area contributed by atoms with Crippen molar-refractivity contribution in [3.05, 3.63) is 87.9 Å². The van der Waals surface area contributed by atoms with E-state index in [-0.39, 0.29) is 4.90 Å². The largest absolute Gasteiger partial charge is 0.496 e. The van der Waals surface area contributed by atoms with Gasteiger partial charge in [-0.2, -0.15) is 5.10 Å². The highest BCUT2D eigenvalue weighted by molar-refractivity contribution is 9.10. The van der Waals surface area contributed by atoms with Gasteiger partial charge in [0.1, 0.15) is 12.3 Å². The normalized spacial score (nSPS) is 11.2. The Morgan fingerprint density at radius 1 is 1.03 bits per heavy atom. The number of anilines is 1. The van der Waals surface area contributed by atoms with Crippen molar-refractivity contribution in [2.45, 2.75) is 11.8 Å². The van der Waals surface area contributed by atoms with Gasteiger partial charge >= 0.3 is 5.97 Å². The number of nitrogens with one attached hydrogen (secondary N) is 1. The molecule has 0 aliphatic carbocycles.